The summed E-state index contributed by atoms with van der Waals surface area (Å²) >= 11 is 0. The number of fused-ring (bicyclic) bond motifs is 1. The van der Waals surface area contributed by atoms with Crippen LogP contribution in [0.25, 0.3) is 22.1 Å². The highest BCUT2D eigenvalue weighted by Crippen LogP contribution is 2.27. The molecule has 4 rings (SSSR count). The molecule has 162 valence electrons. The zero-order valence-corrected chi connectivity index (χ0v) is 17.9. The number of likely N-dealkylation sites (N-methyl/N-ethyl adjacent to an activating group) is 1. The number of aromatic nitrogens is 1. The van der Waals surface area contributed by atoms with Crippen LogP contribution in [0.4, 0.5) is 5.69 Å². The molecule has 4 aromatic rings. The van der Waals surface area contributed by atoms with Crippen molar-refractivity contribution in [2.24, 2.45) is 0 Å². The molecule has 0 aliphatic heterocycles. The molecule has 0 bridgehead atoms. The van der Waals surface area contributed by atoms with E-state index in [1.54, 1.807) is 11.1 Å². The number of rotatable bonds is 8. The highest BCUT2D eigenvalue weighted by molar-refractivity contribution is 6.04. The summed E-state index contributed by atoms with van der Waals surface area (Å²) in [6.45, 7) is 2.06. The lowest BCUT2D eigenvalue weighted by atomic mass is 10.1. The van der Waals surface area contributed by atoms with Crippen LogP contribution >= 0.6 is 0 Å². The number of nitrogens with zero attached hydrogens (tertiary/aromatic N) is 2. The van der Waals surface area contributed by atoms with Crippen molar-refractivity contribution in [3.8, 4) is 11.3 Å². The average Bonchev–Trinajstić information content (AvgIpc) is 3.32. The molecule has 1 aromatic heterocycles. The smallest absolute Gasteiger partial charge is 0.306 e. The average molecular weight is 428 g/mol. The lowest BCUT2D eigenvalue weighted by Crippen LogP contribution is -2.34. The fourth-order valence-corrected chi connectivity index (χ4v) is 3.59. The van der Waals surface area contributed by atoms with Crippen molar-refractivity contribution in [1.29, 1.82) is 0 Å². The summed E-state index contributed by atoms with van der Waals surface area (Å²) in [5.41, 5.74) is 1.73. The normalized spacial score (nSPS) is 10.8. The van der Waals surface area contributed by atoms with Gasteiger partial charge in [-0.15, -0.1) is 0 Å². The number of benzene rings is 3. The molecule has 3 aromatic carbocycles. The quantitative estimate of drug-likeness (QED) is 0.368. The zero-order valence-electron chi connectivity index (χ0n) is 17.9. The van der Waals surface area contributed by atoms with Crippen LogP contribution < -0.4 is 4.90 Å². The maximum atomic E-state index is 12.8. The number of hydrogen-bond donors (Lipinski definition) is 0. The van der Waals surface area contributed by atoms with Gasteiger partial charge < -0.3 is 14.1 Å². The molecule has 1 amide bonds. The molecule has 0 spiro atoms. The van der Waals surface area contributed by atoms with Crippen LogP contribution in [0.2, 0.25) is 0 Å². The summed E-state index contributed by atoms with van der Waals surface area (Å²) in [5.74, 6) is 0.377. The number of oxazole rings is 1. The number of carbonyl (C=O) groups excluding carboxylic acids is 2. The van der Waals surface area contributed by atoms with Gasteiger partial charge in [-0.3, -0.25) is 9.59 Å². The van der Waals surface area contributed by atoms with Crippen molar-refractivity contribution in [3.63, 3.8) is 0 Å². The molecule has 6 heteroatoms. The van der Waals surface area contributed by atoms with E-state index in [0.29, 0.717) is 24.6 Å². The van der Waals surface area contributed by atoms with Crippen molar-refractivity contribution in [1.82, 2.24) is 4.98 Å². The zero-order chi connectivity index (χ0) is 22.3. The summed E-state index contributed by atoms with van der Waals surface area (Å²) in [5, 5.41) is 2.03. The van der Waals surface area contributed by atoms with Gasteiger partial charge in [0.15, 0.2) is 18.3 Å². The molecule has 0 aliphatic carbocycles. The number of hydrogen-bond acceptors (Lipinski definition) is 5. The van der Waals surface area contributed by atoms with Gasteiger partial charge in [0.25, 0.3) is 5.91 Å². The Hall–Kier alpha value is -3.93. The van der Waals surface area contributed by atoms with E-state index in [2.05, 4.69) is 4.98 Å². The number of amides is 1. The SMILES string of the molecule is CCN(C(=O)COC(=O)CCc1ncc(-c2ccccc2)o1)c1cccc2ccccc12. The predicted molar refractivity (Wildman–Crippen MR) is 123 cm³/mol. The van der Waals surface area contributed by atoms with E-state index in [1.807, 2.05) is 79.7 Å². The van der Waals surface area contributed by atoms with Crippen molar-refractivity contribution in [3.05, 3.63) is 84.9 Å². The molecule has 1 heterocycles. The minimum Gasteiger partial charge on any atom is -0.456 e. The summed E-state index contributed by atoms with van der Waals surface area (Å²) in [6, 6.07) is 23.3. The van der Waals surface area contributed by atoms with Gasteiger partial charge in [-0.2, -0.15) is 0 Å². The molecule has 0 fully saturated rings. The van der Waals surface area contributed by atoms with Crippen LogP contribution in [0.5, 0.6) is 0 Å². The van der Waals surface area contributed by atoms with Crippen LogP contribution in [-0.2, 0) is 20.7 Å². The Bertz CT molecular complexity index is 1210. The highest BCUT2D eigenvalue weighted by atomic mass is 16.5. The van der Waals surface area contributed by atoms with Crippen molar-refractivity contribution in [2.45, 2.75) is 19.8 Å². The van der Waals surface area contributed by atoms with E-state index < -0.39 is 5.97 Å². The largest absolute Gasteiger partial charge is 0.456 e. The van der Waals surface area contributed by atoms with E-state index in [4.69, 9.17) is 9.15 Å². The topological polar surface area (TPSA) is 72.6 Å². The molecule has 0 saturated heterocycles. The fraction of sp³-hybridized carbons (Fsp3) is 0.192. The molecule has 32 heavy (non-hydrogen) atoms. The maximum Gasteiger partial charge on any atom is 0.306 e. The first-order valence-corrected chi connectivity index (χ1v) is 10.6. The summed E-state index contributed by atoms with van der Waals surface area (Å²) in [6.07, 6.45) is 2.03. The molecule has 0 atom stereocenters. The van der Waals surface area contributed by atoms with E-state index in [0.717, 1.165) is 22.0 Å². The van der Waals surface area contributed by atoms with Gasteiger partial charge in [0.1, 0.15) is 0 Å². The van der Waals surface area contributed by atoms with Crippen molar-refractivity contribution < 1.29 is 18.7 Å². The van der Waals surface area contributed by atoms with E-state index in [-0.39, 0.29) is 18.9 Å². The second-order valence-corrected chi connectivity index (χ2v) is 7.28. The molecular weight excluding hydrogens is 404 g/mol. The monoisotopic (exact) mass is 428 g/mol. The second-order valence-electron chi connectivity index (χ2n) is 7.28. The van der Waals surface area contributed by atoms with E-state index >= 15 is 0 Å². The number of carbonyl (C=O) groups is 2. The molecule has 0 radical (unpaired) electrons. The Morgan fingerprint density at radius 3 is 2.53 bits per heavy atom. The molecular formula is C26H24N2O4. The fourth-order valence-electron chi connectivity index (χ4n) is 3.59. The second kappa shape index (κ2) is 9.92. The third-order valence-corrected chi connectivity index (χ3v) is 5.19. The van der Waals surface area contributed by atoms with Gasteiger partial charge in [0, 0.05) is 23.9 Å². The van der Waals surface area contributed by atoms with Gasteiger partial charge in [-0.25, -0.2) is 4.98 Å². The van der Waals surface area contributed by atoms with Gasteiger partial charge >= 0.3 is 5.97 Å². The first-order chi connectivity index (χ1) is 15.7. The summed E-state index contributed by atoms with van der Waals surface area (Å²) in [4.78, 5) is 30.8. The van der Waals surface area contributed by atoms with Crippen LogP contribution in [0.15, 0.2) is 83.4 Å². The standard InChI is InChI=1S/C26H24N2O4/c1-2-28(22-14-8-12-19-9-6-7-13-21(19)22)25(29)18-31-26(30)16-15-24-27-17-23(32-24)20-10-4-3-5-11-20/h3-14,17H,2,15-16,18H2,1H3. The predicted octanol–water partition coefficient (Wildman–Crippen LogP) is 5.02. The number of aryl methyl sites for hydroxylation is 1. The number of esters is 1. The van der Waals surface area contributed by atoms with Crippen LogP contribution in [0.1, 0.15) is 19.2 Å². The minimum atomic E-state index is -0.466. The third kappa shape index (κ3) is 4.86. The van der Waals surface area contributed by atoms with Crippen LogP contribution in [0.3, 0.4) is 0 Å². The lowest BCUT2D eigenvalue weighted by Gasteiger charge is -2.22. The van der Waals surface area contributed by atoms with Crippen molar-refractivity contribution in [2.75, 3.05) is 18.1 Å². The molecule has 0 saturated carbocycles. The Morgan fingerprint density at radius 2 is 1.72 bits per heavy atom. The lowest BCUT2D eigenvalue weighted by molar-refractivity contribution is -0.147. The van der Waals surface area contributed by atoms with Crippen molar-refractivity contribution >= 4 is 28.3 Å². The first-order valence-electron chi connectivity index (χ1n) is 10.6. The first kappa shape index (κ1) is 21.3. The molecule has 0 aliphatic rings. The summed E-state index contributed by atoms with van der Waals surface area (Å²) < 4.78 is 10.9. The Labute approximate surface area is 186 Å². The van der Waals surface area contributed by atoms with E-state index in [9.17, 15) is 9.59 Å². The highest BCUT2D eigenvalue weighted by Gasteiger charge is 2.18. The number of ether oxygens (including phenoxy) is 1. The maximum absolute atomic E-state index is 12.8. The van der Waals surface area contributed by atoms with Gasteiger partial charge in [0.05, 0.1) is 18.3 Å². The third-order valence-electron chi connectivity index (χ3n) is 5.19. The van der Waals surface area contributed by atoms with Gasteiger partial charge in [-0.1, -0.05) is 66.7 Å². The van der Waals surface area contributed by atoms with E-state index in [1.165, 1.54) is 0 Å². The molecule has 0 N–H and O–H groups in total. The molecule has 6 nitrogen and oxygen atoms in total. The molecule has 0 unspecified atom stereocenters. The van der Waals surface area contributed by atoms with Crippen LogP contribution in [0, 0.1) is 0 Å². The minimum absolute atomic E-state index is 0.0857. The Morgan fingerprint density at radius 1 is 0.969 bits per heavy atom. The number of anilines is 1. The Kier molecular flexibility index (Phi) is 6.60. The van der Waals surface area contributed by atoms with Gasteiger partial charge in [-0.05, 0) is 18.4 Å². The van der Waals surface area contributed by atoms with Crippen LogP contribution in [-0.4, -0.2) is 30.0 Å². The summed E-state index contributed by atoms with van der Waals surface area (Å²) in [7, 11) is 0. The van der Waals surface area contributed by atoms with Gasteiger partial charge in [0.2, 0.25) is 0 Å². The Balaban J connectivity index is 1.32.